The second-order valence-electron chi connectivity index (χ2n) is 6.30. The Kier molecular flexibility index (Phi) is 5.00. The molecule has 0 aliphatic rings. The van der Waals surface area contributed by atoms with Crippen LogP contribution < -0.4 is 15.0 Å². The minimum Gasteiger partial charge on any atom is -0.497 e. The number of ether oxygens (including phenoxy) is 2. The van der Waals surface area contributed by atoms with Gasteiger partial charge in [-0.05, 0) is 49.7 Å². The molecule has 0 unspecified atom stereocenters. The molecule has 27 heavy (non-hydrogen) atoms. The smallest absolute Gasteiger partial charge is 0.266 e. The molecular formula is C22H20N2O3. The zero-order valence-electron chi connectivity index (χ0n) is 15.7. The van der Waals surface area contributed by atoms with Crippen LogP contribution in [0, 0.1) is 25.2 Å². The topological polar surface area (TPSA) is 75.1 Å². The van der Waals surface area contributed by atoms with E-state index in [0.717, 1.165) is 16.7 Å². The highest BCUT2D eigenvalue weighted by molar-refractivity contribution is 5.80. The summed E-state index contributed by atoms with van der Waals surface area (Å²) >= 11 is 0. The average Bonchev–Trinajstić information content (AvgIpc) is 2.68. The van der Waals surface area contributed by atoms with Crippen LogP contribution in [0.5, 0.6) is 11.5 Å². The number of benzene rings is 2. The summed E-state index contributed by atoms with van der Waals surface area (Å²) in [6.07, 6.45) is 0. The summed E-state index contributed by atoms with van der Waals surface area (Å²) in [5.41, 5.74) is 4.43. The number of methoxy groups -OCH3 is 2. The first-order valence-electron chi connectivity index (χ1n) is 8.46. The van der Waals surface area contributed by atoms with E-state index in [4.69, 9.17) is 9.47 Å². The van der Waals surface area contributed by atoms with Gasteiger partial charge in [0.2, 0.25) is 0 Å². The van der Waals surface area contributed by atoms with E-state index >= 15 is 0 Å². The minimum absolute atomic E-state index is 0.0376. The standard InChI is InChI=1S/C22H20N2O3/c1-13-5-6-14(2)16(9-13)20-11-17(19(12-23)22(25)24-20)18-10-15(26-3)7-8-21(18)27-4/h5-11H,1-4H3,(H,24,25). The highest BCUT2D eigenvalue weighted by Crippen LogP contribution is 2.36. The summed E-state index contributed by atoms with van der Waals surface area (Å²) in [5, 5.41) is 9.57. The minimum atomic E-state index is -0.434. The second-order valence-corrected chi connectivity index (χ2v) is 6.30. The van der Waals surface area contributed by atoms with E-state index in [9.17, 15) is 10.1 Å². The molecule has 0 amide bonds. The van der Waals surface area contributed by atoms with Gasteiger partial charge in [0.05, 0.1) is 14.2 Å². The lowest BCUT2D eigenvalue weighted by Gasteiger charge is -2.14. The Balaban J connectivity index is 2.34. The molecule has 0 aliphatic heterocycles. The normalized spacial score (nSPS) is 10.3. The van der Waals surface area contributed by atoms with Crippen LogP contribution in [0.2, 0.25) is 0 Å². The van der Waals surface area contributed by atoms with Gasteiger partial charge in [0.1, 0.15) is 23.1 Å². The maximum Gasteiger partial charge on any atom is 0.266 e. The maximum absolute atomic E-state index is 12.6. The molecule has 1 heterocycles. The number of pyridine rings is 1. The monoisotopic (exact) mass is 360 g/mol. The van der Waals surface area contributed by atoms with Gasteiger partial charge in [0, 0.05) is 22.4 Å². The first-order chi connectivity index (χ1) is 13.0. The molecule has 0 aliphatic carbocycles. The van der Waals surface area contributed by atoms with E-state index in [1.54, 1.807) is 32.4 Å². The number of H-pyrrole nitrogens is 1. The van der Waals surface area contributed by atoms with Gasteiger partial charge in [-0.1, -0.05) is 17.7 Å². The van der Waals surface area contributed by atoms with Crippen molar-refractivity contribution >= 4 is 0 Å². The zero-order chi connectivity index (χ0) is 19.6. The molecule has 0 radical (unpaired) electrons. The van der Waals surface area contributed by atoms with Gasteiger partial charge in [0.15, 0.2) is 0 Å². The number of nitrogens with one attached hydrogen (secondary N) is 1. The molecule has 0 atom stereocenters. The number of hydrogen-bond donors (Lipinski definition) is 1. The van der Waals surface area contributed by atoms with Crippen LogP contribution in [0.1, 0.15) is 16.7 Å². The molecule has 0 saturated carbocycles. The molecule has 2 aromatic carbocycles. The number of rotatable bonds is 4. The maximum atomic E-state index is 12.6. The van der Waals surface area contributed by atoms with Crippen molar-refractivity contribution in [1.29, 1.82) is 5.26 Å². The van der Waals surface area contributed by atoms with Gasteiger partial charge >= 0.3 is 0 Å². The lowest BCUT2D eigenvalue weighted by molar-refractivity contribution is 0.404. The fourth-order valence-electron chi connectivity index (χ4n) is 3.08. The zero-order valence-corrected chi connectivity index (χ0v) is 15.7. The first-order valence-corrected chi connectivity index (χ1v) is 8.46. The van der Waals surface area contributed by atoms with Gasteiger partial charge in [-0.25, -0.2) is 0 Å². The fraction of sp³-hybridized carbons (Fsp3) is 0.182. The Bertz CT molecular complexity index is 1110. The van der Waals surface area contributed by atoms with Gasteiger partial charge in [-0.15, -0.1) is 0 Å². The van der Waals surface area contributed by atoms with E-state index in [0.29, 0.717) is 28.3 Å². The van der Waals surface area contributed by atoms with Crippen LogP contribution >= 0.6 is 0 Å². The van der Waals surface area contributed by atoms with E-state index < -0.39 is 5.56 Å². The lowest BCUT2D eigenvalue weighted by Crippen LogP contribution is -2.13. The Hall–Kier alpha value is -3.52. The number of hydrogen-bond acceptors (Lipinski definition) is 4. The highest BCUT2D eigenvalue weighted by atomic mass is 16.5. The molecule has 1 aromatic heterocycles. The number of aromatic nitrogens is 1. The summed E-state index contributed by atoms with van der Waals surface area (Å²) < 4.78 is 10.8. The molecule has 1 N–H and O–H groups in total. The molecule has 0 saturated heterocycles. The third-order valence-electron chi connectivity index (χ3n) is 4.53. The van der Waals surface area contributed by atoms with Crippen molar-refractivity contribution < 1.29 is 9.47 Å². The van der Waals surface area contributed by atoms with Crippen LogP contribution in [0.4, 0.5) is 0 Å². The van der Waals surface area contributed by atoms with Crippen LogP contribution in [0.15, 0.2) is 47.3 Å². The van der Waals surface area contributed by atoms with Crippen LogP contribution in [-0.4, -0.2) is 19.2 Å². The molecule has 3 aromatic rings. The summed E-state index contributed by atoms with van der Waals surface area (Å²) in [4.78, 5) is 15.5. The Morgan fingerprint density at radius 1 is 0.926 bits per heavy atom. The molecule has 0 bridgehead atoms. The van der Waals surface area contributed by atoms with E-state index in [-0.39, 0.29) is 5.56 Å². The highest BCUT2D eigenvalue weighted by Gasteiger charge is 2.17. The molecule has 0 spiro atoms. The second kappa shape index (κ2) is 7.38. The molecule has 0 fully saturated rings. The van der Waals surface area contributed by atoms with Gasteiger partial charge in [0.25, 0.3) is 5.56 Å². The Labute approximate surface area is 157 Å². The van der Waals surface area contributed by atoms with E-state index in [1.165, 1.54) is 0 Å². The van der Waals surface area contributed by atoms with Gasteiger partial charge in [-0.2, -0.15) is 5.26 Å². The van der Waals surface area contributed by atoms with E-state index in [1.807, 2.05) is 44.2 Å². The largest absolute Gasteiger partial charge is 0.497 e. The van der Waals surface area contributed by atoms with Gasteiger partial charge in [-0.3, -0.25) is 4.79 Å². The predicted octanol–water partition coefficient (Wildman–Crippen LogP) is 4.21. The summed E-state index contributed by atoms with van der Waals surface area (Å²) in [6.45, 7) is 3.98. The van der Waals surface area contributed by atoms with Crippen LogP contribution in [-0.2, 0) is 0 Å². The number of nitriles is 1. The summed E-state index contributed by atoms with van der Waals surface area (Å²) in [7, 11) is 3.12. The number of aryl methyl sites for hydroxylation is 2. The average molecular weight is 360 g/mol. The Morgan fingerprint density at radius 3 is 2.37 bits per heavy atom. The van der Waals surface area contributed by atoms with Crippen LogP contribution in [0.25, 0.3) is 22.4 Å². The SMILES string of the molecule is COc1ccc(OC)c(-c2cc(-c3cc(C)ccc3C)[nH]c(=O)c2C#N)c1. The Morgan fingerprint density at radius 2 is 1.70 bits per heavy atom. The number of aromatic amines is 1. The van der Waals surface area contributed by atoms with Crippen molar-refractivity contribution in [3.05, 3.63) is 69.5 Å². The molecule has 5 heteroatoms. The third-order valence-corrected chi connectivity index (χ3v) is 4.53. The number of nitrogens with zero attached hydrogens (tertiary/aromatic N) is 1. The first kappa shape index (κ1) is 18.3. The summed E-state index contributed by atoms with van der Waals surface area (Å²) in [5.74, 6) is 1.17. The molecule has 3 rings (SSSR count). The van der Waals surface area contributed by atoms with Crippen molar-refractivity contribution in [3.63, 3.8) is 0 Å². The fourth-order valence-corrected chi connectivity index (χ4v) is 3.08. The van der Waals surface area contributed by atoms with Crippen molar-refractivity contribution in [3.8, 4) is 40.0 Å². The lowest BCUT2D eigenvalue weighted by atomic mass is 9.96. The van der Waals surface area contributed by atoms with Crippen molar-refractivity contribution in [2.24, 2.45) is 0 Å². The van der Waals surface area contributed by atoms with Crippen molar-refractivity contribution in [1.82, 2.24) is 4.98 Å². The van der Waals surface area contributed by atoms with Crippen molar-refractivity contribution in [2.75, 3.05) is 14.2 Å². The van der Waals surface area contributed by atoms with Gasteiger partial charge < -0.3 is 14.5 Å². The molecule has 136 valence electrons. The third kappa shape index (κ3) is 3.42. The van der Waals surface area contributed by atoms with E-state index in [2.05, 4.69) is 4.98 Å². The van der Waals surface area contributed by atoms with Crippen molar-refractivity contribution in [2.45, 2.75) is 13.8 Å². The molecular weight excluding hydrogens is 340 g/mol. The van der Waals surface area contributed by atoms with Crippen LogP contribution in [0.3, 0.4) is 0 Å². The summed E-state index contributed by atoms with van der Waals surface area (Å²) in [6, 6.07) is 15.2. The quantitative estimate of drug-likeness (QED) is 0.756. The predicted molar refractivity (Wildman–Crippen MR) is 105 cm³/mol. The molecule has 5 nitrogen and oxygen atoms in total.